The van der Waals surface area contributed by atoms with Gasteiger partial charge in [-0.2, -0.15) is 11.3 Å². The Labute approximate surface area is 137 Å². The Bertz CT molecular complexity index is 417. The van der Waals surface area contributed by atoms with E-state index in [1.807, 2.05) is 0 Å². The summed E-state index contributed by atoms with van der Waals surface area (Å²) < 4.78 is 11.0. The lowest BCUT2D eigenvalue weighted by Gasteiger charge is -2.12. The van der Waals surface area contributed by atoms with Crippen LogP contribution in [0, 0.1) is 5.92 Å². The number of hydrogen-bond donors (Lipinski definition) is 2. The fourth-order valence-corrected chi connectivity index (χ4v) is 2.90. The summed E-state index contributed by atoms with van der Waals surface area (Å²) in [6, 6.07) is 2.11. The average molecular weight is 325 g/mol. The molecule has 22 heavy (non-hydrogen) atoms. The first-order valence-corrected chi connectivity index (χ1v) is 9.01. The van der Waals surface area contributed by atoms with Crippen molar-refractivity contribution in [1.29, 1.82) is 0 Å². The molecule has 1 aliphatic rings. The third kappa shape index (κ3) is 6.77. The molecule has 2 rings (SSSR count). The zero-order chi connectivity index (χ0) is 15.5. The molecule has 2 N–H and O–H groups in total. The van der Waals surface area contributed by atoms with Crippen LogP contribution in [-0.4, -0.2) is 45.5 Å². The van der Waals surface area contributed by atoms with Gasteiger partial charge in [0.2, 0.25) is 0 Å². The van der Waals surface area contributed by atoms with Crippen LogP contribution in [0.2, 0.25) is 0 Å². The Balaban J connectivity index is 1.56. The summed E-state index contributed by atoms with van der Waals surface area (Å²) in [6.07, 6.45) is 2.12. The number of aliphatic imine (C=N–C) groups is 1. The predicted octanol–water partition coefficient (Wildman–Crippen LogP) is 2.25. The largest absolute Gasteiger partial charge is 0.381 e. The molecule has 1 aromatic heterocycles. The van der Waals surface area contributed by atoms with Gasteiger partial charge < -0.3 is 20.1 Å². The van der Waals surface area contributed by atoms with E-state index in [9.17, 15) is 0 Å². The van der Waals surface area contributed by atoms with E-state index < -0.39 is 0 Å². The lowest BCUT2D eigenvalue weighted by Crippen LogP contribution is -2.38. The van der Waals surface area contributed by atoms with Gasteiger partial charge >= 0.3 is 0 Å². The minimum absolute atomic E-state index is 0.595. The SMILES string of the molecule is CCNC(=NCc1ccsc1)NCCCOCC1CCOC1. The first kappa shape index (κ1) is 17.2. The summed E-state index contributed by atoms with van der Waals surface area (Å²) in [4.78, 5) is 4.58. The Morgan fingerprint density at radius 2 is 2.45 bits per heavy atom. The number of nitrogens with one attached hydrogen (secondary N) is 2. The van der Waals surface area contributed by atoms with E-state index in [1.165, 1.54) is 5.56 Å². The van der Waals surface area contributed by atoms with Gasteiger partial charge in [0, 0.05) is 32.2 Å². The van der Waals surface area contributed by atoms with E-state index in [1.54, 1.807) is 11.3 Å². The standard InChI is InChI=1S/C16H27N3O2S/c1-2-17-16(19-10-14-5-9-22-13-14)18-6-3-7-20-11-15-4-8-21-12-15/h5,9,13,15H,2-4,6-8,10-12H2,1H3,(H2,17,18,19). The van der Waals surface area contributed by atoms with Crippen molar-refractivity contribution in [3.05, 3.63) is 22.4 Å². The first-order chi connectivity index (χ1) is 10.9. The van der Waals surface area contributed by atoms with Crippen molar-refractivity contribution in [3.8, 4) is 0 Å². The van der Waals surface area contributed by atoms with Crippen molar-refractivity contribution in [2.75, 3.05) is 39.5 Å². The second kappa shape index (κ2) is 10.6. The van der Waals surface area contributed by atoms with Crippen molar-refractivity contribution in [3.63, 3.8) is 0 Å². The van der Waals surface area contributed by atoms with Crippen molar-refractivity contribution in [1.82, 2.24) is 10.6 Å². The highest BCUT2D eigenvalue weighted by atomic mass is 32.1. The summed E-state index contributed by atoms with van der Waals surface area (Å²) >= 11 is 1.71. The maximum absolute atomic E-state index is 5.70. The molecule has 1 unspecified atom stereocenters. The molecule has 0 aliphatic carbocycles. The molecule has 1 saturated heterocycles. The third-order valence-corrected chi connectivity index (χ3v) is 4.21. The molecule has 124 valence electrons. The van der Waals surface area contributed by atoms with Crippen LogP contribution in [0.3, 0.4) is 0 Å². The summed E-state index contributed by atoms with van der Waals surface area (Å²) in [5.74, 6) is 1.47. The van der Waals surface area contributed by atoms with Crippen LogP contribution in [0.25, 0.3) is 0 Å². The Morgan fingerprint density at radius 1 is 1.50 bits per heavy atom. The number of rotatable bonds is 9. The van der Waals surface area contributed by atoms with Crippen LogP contribution >= 0.6 is 11.3 Å². The molecule has 1 aliphatic heterocycles. The second-order valence-electron chi connectivity index (χ2n) is 5.41. The molecule has 0 amide bonds. The van der Waals surface area contributed by atoms with E-state index in [0.29, 0.717) is 5.92 Å². The van der Waals surface area contributed by atoms with Gasteiger partial charge in [0.1, 0.15) is 0 Å². The van der Waals surface area contributed by atoms with Gasteiger partial charge in [-0.25, -0.2) is 4.99 Å². The number of guanidine groups is 1. The van der Waals surface area contributed by atoms with Gasteiger partial charge in [-0.15, -0.1) is 0 Å². The molecule has 5 nitrogen and oxygen atoms in total. The molecule has 6 heteroatoms. The number of thiophene rings is 1. The van der Waals surface area contributed by atoms with Gasteiger partial charge in [0.25, 0.3) is 0 Å². The van der Waals surface area contributed by atoms with E-state index in [-0.39, 0.29) is 0 Å². The van der Waals surface area contributed by atoms with Gasteiger partial charge in [-0.3, -0.25) is 0 Å². The van der Waals surface area contributed by atoms with Gasteiger partial charge in [0.15, 0.2) is 5.96 Å². The zero-order valence-electron chi connectivity index (χ0n) is 13.3. The molecule has 0 bridgehead atoms. The van der Waals surface area contributed by atoms with Crippen LogP contribution < -0.4 is 10.6 Å². The number of hydrogen-bond acceptors (Lipinski definition) is 4. The van der Waals surface area contributed by atoms with Crippen LogP contribution in [0.4, 0.5) is 0 Å². The second-order valence-corrected chi connectivity index (χ2v) is 6.19. The van der Waals surface area contributed by atoms with Crippen LogP contribution in [0.5, 0.6) is 0 Å². The van der Waals surface area contributed by atoms with E-state index in [2.05, 4.69) is 39.4 Å². The zero-order valence-corrected chi connectivity index (χ0v) is 14.2. The summed E-state index contributed by atoms with van der Waals surface area (Å²) in [6.45, 7) is 7.90. The summed E-state index contributed by atoms with van der Waals surface area (Å²) in [5, 5.41) is 10.8. The Kier molecular flexibility index (Phi) is 8.30. The van der Waals surface area contributed by atoms with Gasteiger partial charge in [-0.1, -0.05) is 0 Å². The van der Waals surface area contributed by atoms with E-state index in [0.717, 1.165) is 64.9 Å². The molecular formula is C16H27N3O2S. The maximum atomic E-state index is 5.70. The van der Waals surface area contributed by atoms with Crippen molar-refractivity contribution < 1.29 is 9.47 Å². The molecule has 0 radical (unpaired) electrons. The van der Waals surface area contributed by atoms with Crippen LogP contribution in [-0.2, 0) is 16.0 Å². The molecular weight excluding hydrogens is 298 g/mol. The lowest BCUT2D eigenvalue weighted by atomic mass is 10.1. The molecule has 0 spiro atoms. The molecule has 0 saturated carbocycles. The van der Waals surface area contributed by atoms with Crippen molar-refractivity contribution in [2.24, 2.45) is 10.9 Å². The van der Waals surface area contributed by atoms with Crippen molar-refractivity contribution >= 4 is 17.3 Å². The van der Waals surface area contributed by atoms with E-state index >= 15 is 0 Å². The number of nitrogens with zero attached hydrogens (tertiary/aromatic N) is 1. The van der Waals surface area contributed by atoms with Crippen molar-refractivity contribution in [2.45, 2.75) is 26.3 Å². The quantitative estimate of drug-likeness (QED) is 0.415. The normalized spacial score (nSPS) is 18.6. The summed E-state index contributed by atoms with van der Waals surface area (Å²) in [7, 11) is 0. The monoisotopic (exact) mass is 325 g/mol. The molecule has 1 atom stereocenters. The Hall–Kier alpha value is -1.11. The third-order valence-electron chi connectivity index (χ3n) is 3.48. The average Bonchev–Trinajstić information content (AvgIpc) is 3.21. The fourth-order valence-electron chi connectivity index (χ4n) is 2.24. The lowest BCUT2D eigenvalue weighted by molar-refractivity contribution is 0.0888. The number of ether oxygens (including phenoxy) is 2. The summed E-state index contributed by atoms with van der Waals surface area (Å²) in [5.41, 5.74) is 1.25. The molecule has 0 aromatic carbocycles. The highest BCUT2D eigenvalue weighted by molar-refractivity contribution is 7.07. The highest BCUT2D eigenvalue weighted by Crippen LogP contribution is 2.12. The minimum atomic E-state index is 0.595. The Morgan fingerprint density at radius 3 is 3.18 bits per heavy atom. The minimum Gasteiger partial charge on any atom is -0.381 e. The van der Waals surface area contributed by atoms with Gasteiger partial charge in [0.05, 0.1) is 19.8 Å². The van der Waals surface area contributed by atoms with Crippen LogP contribution in [0.1, 0.15) is 25.3 Å². The van der Waals surface area contributed by atoms with Gasteiger partial charge in [-0.05, 0) is 42.2 Å². The molecule has 1 aromatic rings. The van der Waals surface area contributed by atoms with E-state index in [4.69, 9.17) is 9.47 Å². The first-order valence-electron chi connectivity index (χ1n) is 8.07. The smallest absolute Gasteiger partial charge is 0.191 e. The van der Waals surface area contributed by atoms with Crippen LogP contribution in [0.15, 0.2) is 21.8 Å². The maximum Gasteiger partial charge on any atom is 0.191 e. The fraction of sp³-hybridized carbons (Fsp3) is 0.688. The molecule has 1 fully saturated rings. The topological polar surface area (TPSA) is 54.9 Å². The molecule has 2 heterocycles. The highest BCUT2D eigenvalue weighted by Gasteiger charge is 2.15. The predicted molar refractivity (Wildman–Crippen MR) is 91.5 cm³/mol.